The average molecular weight is 171 g/mol. The van der Waals surface area contributed by atoms with Crippen LogP contribution in [-0.2, 0) is 0 Å². The molecular weight excluding hydrogens is 150 g/mol. The summed E-state index contributed by atoms with van der Waals surface area (Å²) in [5.41, 5.74) is 0. The molecule has 1 saturated heterocycles. The highest BCUT2D eigenvalue weighted by molar-refractivity contribution is 4.68. The first-order valence-corrected chi connectivity index (χ1v) is 4.83. The standard InChI is InChI=1S/C9H21N3/c1-9(2)11(3)8-12-6-4-10-5-7-12/h9-10H,4-8H2,1-3H3. The van der Waals surface area contributed by atoms with Gasteiger partial charge in [0.25, 0.3) is 0 Å². The van der Waals surface area contributed by atoms with Gasteiger partial charge in [-0.05, 0) is 20.9 Å². The van der Waals surface area contributed by atoms with E-state index in [1.165, 1.54) is 13.1 Å². The van der Waals surface area contributed by atoms with E-state index < -0.39 is 0 Å². The van der Waals surface area contributed by atoms with Gasteiger partial charge in [-0.1, -0.05) is 0 Å². The molecule has 0 atom stereocenters. The molecule has 0 amide bonds. The van der Waals surface area contributed by atoms with E-state index in [1.807, 2.05) is 0 Å². The number of nitrogens with zero attached hydrogens (tertiary/aromatic N) is 2. The Morgan fingerprint density at radius 2 is 1.92 bits per heavy atom. The summed E-state index contributed by atoms with van der Waals surface area (Å²) in [7, 11) is 2.19. The molecule has 1 aliphatic heterocycles. The summed E-state index contributed by atoms with van der Waals surface area (Å²) in [6.07, 6.45) is 0. The normalized spacial score (nSPS) is 20.8. The second kappa shape index (κ2) is 4.80. The Hall–Kier alpha value is -0.120. The number of piperazine rings is 1. The third-order valence-electron chi connectivity index (χ3n) is 2.51. The van der Waals surface area contributed by atoms with Gasteiger partial charge in [0.15, 0.2) is 0 Å². The van der Waals surface area contributed by atoms with Crippen molar-refractivity contribution in [2.45, 2.75) is 19.9 Å². The van der Waals surface area contributed by atoms with E-state index in [-0.39, 0.29) is 0 Å². The van der Waals surface area contributed by atoms with Crippen LogP contribution in [0.3, 0.4) is 0 Å². The zero-order valence-electron chi connectivity index (χ0n) is 8.51. The summed E-state index contributed by atoms with van der Waals surface area (Å²) in [4.78, 5) is 4.88. The molecule has 1 fully saturated rings. The van der Waals surface area contributed by atoms with Gasteiger partial charge >= 0.3 is 0 Å². The highest BCUT2D eigenvalue weighted by Crippen LogP contribution is 1.98. The van der Waals surface area contributed by atoms with E-state index in [2.05, 4.69) is 36.0 Å². The number of rotatable bonds is 3. The minimum Gasteiger partial charge on any atom is -0.314 e. The predicted octanol–water partition coefficient (Wildman–Crippen LogP) is 0.189. The molecule has 0 aliphatic carbocycles. The van der Waals surface area contributed by atoms with Gasteiger partial charge in [-0.3, -0.25) is 9.80 Å². The molecule has 3 nitrogen and oxygen atoms in total. The van der Waals surface area contributed by atoms with E-state index in [0.717, 1.165) is 19.8 Å². The molecular formula is C9H21N3. The van der Waals surface area contributed by atoms with Crippen molar-refractivity contribution in [2.75, 3.05) is 39.9 Å². The summed E-state index contributed by atoms with van der Waals surface area (Å²) in [5.74, 6) is 0. The van der Waals surface area contributed by atoms with Crippen LogP contribution in [0, 0.1) is 0 Å². The minimum absolute atomic E-state index is 0.653. The van der Waals surface area contributed by atoms with Crippen LogP contribution in [-0.4, -0.2) is 55.7 Å². The van der Waals surface area contributed by atoms with Crippen molar-refractivity contribution in [3.8, 4) is 0 Å². The first-order chi connectivity index (χ1) is 5.70. The van der Waals surface area contributed by atoms with Crippen LogP contribution in [0.1, 0.15) is 13.8 Å². The lowest BCUT2D eigenvalue weighted by molar-refractivity contribution is 0.118. The Morgan fingerprint density at radius 1 is 1.33 bits per heavy atom. The molecule has 0 saturated carbocycles. The van der Waals surface area contributed by atoms with Crippen LogP contribution in [0.5, 0.6) is 0 Å². The third kappa shape index (κ3) is 3.09. The van der Waals surface area contributed by atoms with Gasteiger partial charge in [0.05, 0.1) is 6.67 Å². The van der Waals surface area contributed by atoms with Crippen molar-refractivity contribution in [1.82, 2.24) is 15.1 Å². The zero-order chi connectivity index (χ0) is 8.97. The van der Waals surface area contributed by atoms with E-state index >= 15 is 0 Å². The molecule has 0 radical (unpaired) electrons. The summed E-state index contributed by atoms with van der Waals surface area (Å²) in [6, 6.07) is 0.653. The average Bonchev–Trinajstić information content (AvgIpc) is 2.06. The lowest BCUT2D eigenvalue weighted by Gasteiger charge is -2.32. The van der Waals surface area contributed by atoms with Crippen LogP contribution in [0.25, 0.3) is 0 Å². The van der Waals surface area contributed by atoms with E-state index in [9.17, 15) is 0 Å². The maximum absolute atomic E-state index is 3.36. The Balaban J connectivity index is 2.20. The maximum Gasteiger partial charge on any atom is 0.0506 e. The van der Waals surface area contributed by atoms with Crippen LogP contribution >= 0.6 is 0 Å². The Kier molecular flexibility index (Phi) is 3.98. The van der Waals surface area contributed by atoms with Crippen molar-refractivity contribution in [1.29, 1.82) is 0 Å². The van der Waals surface area contributed by atoms with Crippen LogP contribution in [0.4, 0.5) is 0 Å². The quantitative estimate of drug-likeness (QED) is 0.654. The molecule has 1 heterocycles. The molecule has 0 unspecified atom stereocenters. The van der Waals surface area contributed by atoms with Crippen LogP contribution in [0.15, 0.2) is 0 Å². The minimum atomic E-state index is 0.653. The molecule has 0 aromatic heterocycles. The lowest BCUT2D eigenvalue weighted by Crippen LogP contribution is -2.48. The van der Waals surface area contributed by atoms with E-state index in [0.29, 0.717) is 6.04 Å². The Morgan fingerprint density at radius 3 is 2.42 bits per heavy atom. The molecule has 3 heteroatoms. The van der Waals surface area contributed by atoms with Gasteiger partial charge in [0.1, 0.15) is 0 Å². The van der Waals surface area contributed by atoms with Gasteiger partial charge in [-0.2, -0.15) is 0 Å². The monoisotopic (exact) mass is 171 g/mol. The highest BCUT2D eigenvalue weighted by atomic mass is 15.3. The van der Waals surface area contributed by atoms with Crippen LogP contribution < -0.4 is 5.32 Å². The number of hydrogen-bond donors (Lipinski definition) is 1. The fraction of sp³-hybridized carbons (Fsp3) is 1.00. The summed E-state index contributed by atoms with van der Waals surface area (Å²) in [5, 5.41) is 3.36. The summed E-state index contributed by atoms with van der Waals surface area (Å²) < 4.78 is 0. The van der Waals surface area contributed by atoms with Crippen molar-refractivity contribution < 1.29 is 0 Å². The third-order valence-corrected chi connectivity index (χ3v) is 2.51. The van der Waals surface area contributed by atoms with Crippen molar-refractivity contribution in [2.24, 2.45) is 0 Å². The Labute approximate surface area is 75.7 Å². The highest BCUT2D eigenvalue weighted by Gasteiger charge is 2.12. The summed E-state index contributed by atoms with van der Waals surface area (Å²) in [6.45, 7) is 10.3. The van der Waals surface area contributed by atoms with Gasteiger partial charge in [-0.25, -0.2) is 0 Å². The van der Waals surface area contributed by atoms with Gasteiger partial charge < -0.3 is 5.32 Å². The fourth-order valence-electron chi connectivity index (χ4n) is 1.33. The van der Waals surface area contributed by atoms with Crippen molar-refractivity contribution in [3.05, 3.63) is 0 Å². The van der Waals surface area contributed by atoms with Crippen LogP contribution in [0.2, 0.25) is 0 Å². The molecule has 12 heavy (non-hydrogen) atoms. The predicted molar refractivity (Wildman–Crippen MR) is 52.2 cm³/mol. The lowest BCUT2D eigenvalue weighted by atomic mass is 10.3. The molecule has 1 aliphatic rings. The van der Waals surface area contributed by atoms with E-state index in [1.54, 1.807) is 0 Å². The largest absolute Gasteiger partial charge is 0.314 e. The molecule has 0 spiro atoms. The van der Waals surface area contributed by atoms with Crippen molar-refractivity contribution in [3.63, 3.8) is 0 Å². The Bertz CT molecular complexity index is 119. The molecule has 0 aromatic rings. The molecule has 1 rings (SSSR count). The first kappa shape index (κ1) is 9.96. The van der Waals surface area contributed by atoms with E-state index in [4.69, 9.17) is 0 Å². The van der Waals surface area contributed by atoms with Gasteiger partial charge in [-0.15, -0.1) is 0 Å². The first-order valence-electron chi connectivity index (χ1n) is 4.83. The maximum atomic E-state index is 3.36. The SMILES string of the molecule is CC(C)N(C)CN1CCNCC1. The smallest absolute Gasteiger partial charge is 0.0506 e. The summed E-state index contributed by atoms with van der Waals surface area (Å²) >= 11 is 0. The van der Waals surface area contributed by atoms with Gasteiger partial charge in [0, 0.05) is 32.2 Å². The second-order valence-electron chi connectivity index (χ2n) is 3.86. The zero-order valence-corrected chi connectivity index (χ0v) is 8.51. The topological polar surface area (TPSA) is 18.5 Å². The molecule has 1 N–H and O–H groups in total. The number of hydrogen-bond acceptors (Lipinski definition) is 3. The second-order valence-corrected chi connectivity index (χ2v) is 3.86. The fourth-order valence-corrected chi connectivity index (χ4v) is 1.33. The molecule has 0 bridgehead atoms. The van der Waals surface area contributed by atoms with Gasteiger partial charge in [0.2, 0.25) is 0 Å². The molecule has 0 aromatic carbocycles. The van der Waals surface area contributed by atoms with Crippen molar-refractivity contribution >= 4 is 0 Å². The number of nitrogens with one attached hydrogen (secondary N) is 1. The molecule has 72 valence electrons.